The summed E-state index contributed by atoms with van der Waals surface area (Å²) >= 11 is 3.37. The molecule has 0 aliphatic carbocycles. The molecule has 3 N–H and O–H groups in total. The summed E-state index contributed by atoms with van der Waals surface area (Å²) in [6.07, 6.45) is 0.771. The molecule has 1 amide bonds. The lowest BCUT2D eigenvalue weighted by molar-refractivity contribution is -0.132. The number of carbonyl (C=O) groups excluding carboxylic acids is 1. The van der Waals surface area contributed by atoms with E-state index in [0.29, 0.717) is 6.54 Å². The third-order valence-corrected chi connectivity index (χ3v) is 3.07. The predicted octanol–water partition coefficient (Wildman–Crippen LogP) is 0.770. The summed E-state index contributed by atoms with van der Waals surface area (Å²) in [4.78, 5) is 13.1. The number of aliphatic hydroxyl groups excluding tert-OH is 1. The van der Waals surface area contributed by atoms with Crippen molar-refractivity contribution in [3.63, 3.8) is 0 Å². The maximum Gasteiger partial charge on any atom is 0.241 e. The number of benzene rings is 1. The molecule has 1 atom stereocenters. The summed E-state index contributed by atoms with van der Waals surface area (Å²) in [7, 11) is 1.69. The Kier molecular flexibility index (Phi) is 5.61. The van der Waals surface area contributed by atoms with E-state index in [0.717, 1.165) is 16.5 Å². The second-order valence-corrected chi connectivity index (χ2v) is 4.84. The molecule has 0 saturated carbocycles. The van der Waals surface area contributed by atoms with Crippen molar-refractivity contribution in [1.29, 1.82) is 0 Å². The van der Waals surface area contributed by atoms with Gasteiger partial charge in [-0.25, -0.2) is 0 Å². The van der Waals surface area contributed by atoms with Gasteiger partial charge in [0.2, 0.25) is 5.91 Å². The average molecular weight is 301 g/mol. The van der Waals surface area contributed by atoms with E-state index in [9.17, 15) is 4.79 Å². The Morgan fingerprint density at radius 1 is 1.47 bits per heavy atom. The van der Waals surface area contributed by atoms with E-state index < -0.39 is 6.04 Å². The molecule has 17 heavy (non-hydrogen) atoms. The molecule has 1 aromatic rings. The number of nitrogens with two attached hydrogens (primary N) is 1. The molecule has 0 saturated heterocycles. The van der Waals surface area contributed by atoms with Crippen LogP contribution in [0.1, 0.15) is 5.56 Å². The molecule has 0 spiro atoms. The minimum Gasteiger partial charge on any atom is -0.394 e. The Balaban J connectivity index is 2.45. The molecule has 0 radical (unpaired) electrons. The summed E-state index contributed by atoms with van der Waals surface area (Å²) < 4.78 is 1.04. The van der Waals surface area contributed by atoms with Crippen LogP contribution >= 0.6 is 15.9 Å². The summed E-state index contributed by atoms with van der Waals surface area (Å²) in [6.45, 7) is 0.273. The van der Waals surface area contributed by atoms with E-state index in [1.54, 1.807) is 11.9 Å². The fourth-order valence-electron chi connectivity index (χ4n) is 1.42. The molecule has 1 rings (SSSR count). The van der Waals surface area contributed by atoms with E-state index in [4.69, 9.17) is 10.8 Å². The number of carbonyl (C=O) groups is 1. The number of amides is 1. The van der Waals surface area contributed by atoms with Gasteiger partial charge in [0.1, 0.15) is 6.04 Å². The highest BCUT2D eigenvalue weighted by atomic mass is 79.9. The van der Waals surface area contributed by atoms with Gasteiger partial charge in [0.15, 0.2) is 0 Å². The topological polar surface area (TPSA) is 66.6 Å². The Labute approximate surface area is 110 Å². The van der Waals surface area contributed by atoms with Crippen LogP contribution in [0.25, 0.3) is 0 Å². The summed E-state index contributed by atoms with van der Waals surface area (Å²) in [5.41, 5.74) is 6.62. The van der Waals surface area contributed by atoms with E-state index >= 15 is 0 Å². The highest BCUT2D eigenvalue weighted by molar-refractivity contribution is 9.10. The maximum absolute atomic E-state index is 11.6. The number of nitrogens with zero attached hydrogens (tertiary/aromatic N) is 1. The van der Waals surface area contributed by atoms with Crippen LogP contribution in [-0.2, 0) is 11.2 Å². The molecule has 0 aromatic heterocycles. The van der Waals surface area contributed by atoms with Gasteiger partial charge in [-0.2, -0.15) is 0 Å². The number of hydrogen-bond acceptors (Lipinski definition) is 3. The van der Waals surface area contributed by atoms with E-state index in [1.165, 1.54) is 0 Å². The molecule has 0 aliphatic heterocycles. The Bertz CT molecular complexity index is 367. The molecular weight excluding hydrogens is 284 g/mol. The highest BCUT2D eigenvalue weighted by Gasteiger charge is 2.16. The summed E-state index contributed by atoms with van der Waals surface area (Å²) in [6, 6.07) is 7.14. The SMILES string of the molecule is CN(CCc1ccc(Br)cc1)C(=O)C(N)CO. The van der Waals surface area contributed by atoms with Crippen molar-refractivity contribution >= 4 is 21.8 Å². The number of rotatable bonds is 5. The van der Waals surface area contributed by atoms with Gasteiger partial charge in [0, 0.05) is 18.1 Å². The molecule has 1 aromatic carbocycles. The zero-order valence-electron chi connectivity index (χ0n) is 9.77. The van der Waals surface area contributed by atoms with Crippen molar-refractivity contribution < 1.29 is 9.90 Å². The van der Waals surface area contributed by atoms with Crippen LogP contribution in [0.4, 0.5) is 0 Å². The van der Waals surface area contributed by atoms with E-state index in [-0.39, 0.29) is 12.5 Å². The van der Waals surface area contributed by atoms with Gasteiger partial charge in [-0.3, -0.25) is 4.79 Å². The summed E-state index contributed by atoms with van der Waals surface area (Å²) in [5, 5.41) is 8.79. The van der Waals surface area contributed by atoms with Gasteiger partial charge in [-0.1, -0.05) is 28.1 Å². The molecule has 0 heterocycles. The first-order valence-corrected chi connectivity index (χ1v) is 6.19. The minimum absolute atomic E-state index is 0.232. The Morgan fingerprint density at radius 2 is 2.06 bits per heavy atom. The quantitative estimate of drug-likeness (QED) is 0.844. The lowest BCUT2D eigenvalue weighted by atomic mass is 10.1. The Hall–Kier alpha value is -0.910. The molecule has 4 nitrogen and oxygen atoms in total. The molecule has 0 fully saturated rings. The number of halogens is 1. The van der Waals surface area contributed by atoms with Crippen LogP contribution in [0.5, 0.6) is 0 Å². The smallest absolute Gasteiger partial charge is 0.241 e. The van der Waals surface area contributed by atoms with Crippen LogP contribution in [0, 0.1) is 0 Å². The van der Waals surface area contributed by atoms with Crippen molar-refractivity contribution in [2.45, 2.75) is 12.5 Å². The molecule has 94 valence electrons. The van der Waals surface area contributed by atoms with Gasteiger partial charge in [0.05, 0.1) is 6.61 Å². The van der Waals surface area contributed by atoms with Gasteiger partial charge in [-0.15, -0.1) is 0 Å². The fourth-order valence-corrected chi connectivity index (χ4v) is 1.68. The molecule has 0 aliphatic rings. The first-order chi connectivity index (χ1) is 8.04. The minimum atomic E-state index is -0.815. The third kappa shape index (κ3) is 4.46. The van der Waals surface area contributed by atoms with Crippen molar-refractivity contribution in [3.8, 4) is 0 Å². The third-order valence-electron chi connectivity index (χ3n) is 2.54. The number of aliphatic hydroxyl groups is 1. The fraction of sp³-hybridized carbons (Fsp3) is 0.417. The van der Waals surface area contributed by atoms with Crippen molar-refractivity contribution in [1.82, 2.24) is 4.90 Å². The highest BCUT2D eigenvalue weighted by Crippen LogP contribution is 2.11. The monoisotopic (exact) mass is 300 g/mol. The second kappa shape index (κ2) is 6.74. The predicted molar refractivity (Wildman–Crippen MR) is 70.5 cm³/mol. The maximum atomic E-state index is 11.6. The van der Waals surface area contributed by atoms with E-state index in [2.05, 4.69) is 15.9 Å². The lowest BCUT2D eigenvalue weighted by Crippen LogP contribution is -2.44. The van der Waals surface area contributed by atoms with Crippen LogP contribution in [0.15, 0.2) is 28.7 Å². The standard InChI is InChI=1S/C12H17BrN2O2/c1-15(12(17)11(14)8-16)7-6-9-2-4-10(13)5-3-9/h2-5,11,16H,6-8,14H2,1H3. The average Bonchev–Trinajstić information content (AvgIpc) is 2.35. The van der Waals surface area contributed by atoms with Crippen LogP contribution in [-0.4, -0.2) is 42.2 Å². The molecule has 0 bridgehead atoms. The van der Waals surface area contributed by atoms with Crippen LogP contribution in [0.3, 0.4) is 0 Å². The van der Waals surface area contributed by atoms with Gasteiger partial charge < -0.3 is 15.7 Å². The lowest BCUT2D eigenvalue weighted by Gasteiger charge is -2.20. The van der Waals surface area contributed by atoms with Crippen molar-refractivity contribution in [2.24, 2.45) is 5.73 Å². The van der Waals surface area contributed by atoms with Gasteiger partial charge in [-0.05, 0) is 24.1 Å². The first-order valence-electron chi connectivity index (χ1n) is 5.40. The van der Waals surface area contributed by atoms with Gasteiger partial charge in [0.25, 0.3) is 0 Å². The largest absolute Gasteiger partial charge is 0.394 e. The van der Waals surface area contributed by atoms with E-state index in [1.807, 2.05) is 24.3 Å². The summed E-state index contributed by atoms with van der Waals surface area (Å²) in [5.74, 6) is -0.232. The molecular formula is C12H17BrN2O2. The Morgan fingerprint density at radius 3 is 2.59 bits per heavy atom. The molecule has 1 unspecified atom stereocenters. The molecule has 5 heteroatoms. The van der Waals surface area contributed by atoms with Crippen LogP contribution < -0.4 is 5.73 Å². The van der Waals surface area contributed by atoms with Crippen LogP contribution in [0.2, 0.25) is 0 Å². The normalized spacial score (nSPS) is 12.2. The second-order valence-electron chi connectivity index (χ2n) is 3.93. The number of hydrogen-bond donors (Lipinski definition) is 2. The van der Waals surface area contributed by atoms with Crippen molar-refractivity contribution in [2.75, 3.05) is 20.2 Å². The first kappa shape index (κ1) is 14.2. The zero-order valence-corrected chi connectivity index (χ0v) is 11.4. The van der Waals surface area contributed by atoms with Gasteiger partial charge >= 0.3 is 0 Å². The van der Waals surface area contributed by atoms with Crippen molar-refractivity contribution in [3.05, 3.63) is 34.3 Å². The zero-order chi connectivity index (χ0) is 12.8. The number of likely N-dealkylation sites (N-methyl/N-ethyl adjacent to an activating group) is 1.